The number of rotatable bonds is 6. The zero-order chi connectivity index (χ0) is 17.7. The van der Waals surface area contributed by atoms with Crippen LogP contribution in [0.4, 0.5) is 0 Å². The van der Waals surface area contributed by atoms with Gasteiger partial charge in [0.15, 0.2) is 0 Å². The standard InChI is InChI=1S/C16H22ClN3O4/c1-11-13(16(17)19(2)18-11)3-4-14(21)20(8-5-15(22)23)12-6-9-24-10-7-12/h3-4,12H,5-10H2,1-2H3,(H,22,23)/b4-3+. The van der Waals surface area contributed by atoms with E-state index in [9.17, 15) is 9.59 Å². The summed E-state index contributed by atoms with van der Waals surface area (Å²) in [5.74, 6) is -1.14. The van der Waals surface area contributed by atoms with Crippen molar-refractivity contribution in [3.63, 3.8) is 0 Å². The highest BCUT2D eigenvalue weighted by Gasteiger charge is 2.25. The van der Waals surface area contributed by atoms with Gasteiger partial charge in [-0.3, -0.25) is 14.3 Å². The van der Waals surface area contributed by atoms with Crippen LogP contribution in [0.15, 0.2) is 6.08 Å². The first-order chi connectivity index (χ1) is 11.4. The van der Waals surface area contributed by atoms with Gasteiger partial charge < -0.3 is 14.7 Å². The number of carboxylic acid groups (broad SMARTS) is 1. The third-order valence-corrected chi connectivity index (χ3v) is 4.52. The van der Waals surface area contributed by atoms with Crippen LogP contribution >= 0.6 is 11.6 Å². The molecule has 0 bridgehead atoms. The smallest absolute Gasteiger partial charge is 0.305 e. The summed E-state index contributed by atoms with van der Waals surface area (Å²) < 4.78 is 6.86. The van der Waals surface area contributed by atoms with Gasteiger partial charge >= 0.3 is 5.97 Å². The Morgan fingerprint density at radius 3 is 2.67 bits per heavy atom. The van der Waals surface area contributed by atoms with E-state index in [1.807, 2.05) is 6.92 Å². The maximum Gasteiger partial charge on any atom is 0.305 e. The van der Waals surface area contributed by atoms with E-state index in [1.54, 1.807) is 22.7 Å². The quantitative estimate of drug-likeness (QED) is 0.787. The molecule has 1 aliphatic rings. The summed E-state index contributed by atoms with van der Waals surface area (Å²) >= 11 is 6.16. The molecule has 0 unspecified atom stereocenters. The van der Waals surface area contributed by atoms with Gasteiger partial charge in [0.2, 0.25) is 5.91 Å². The van der Waals surface area contributed by atoms with Gasteiger partial charge in [0.1, 0.15) is 5.15 Å². The fourth-order valence-electron chi connectivity index (χ4n) is 2.77. The molecule has 1 aromatic heterocycles. The minimum atomic E-state index is -0.921. The second-order valence-electron chi connectivity index (χ2n) is 5.77. The summed E-state index contributed by atoms with van der Waals surface area (Å²) in [6.07, 6.45) is 4.43. The van der Waals surface area contributed by atoms with Crippen LogP contribution in [0.2, 0.25) is 5.15 Å². The van der Waals surface area contributed by atoms with Crippen molar-refractivity contribution >= 4 is 29.6 Å². The summed E-state index contributed by atoms with van der Waals surface area (Å²) in [5.41, 5.74) is 1.42. The Bertz CT molecular complexity index is 636. The molecule has 1 amide bonds. The predicted molar refractivity (Wildman–Crippen MR) is 89.8 cm³/mol. The highest BCUT2D eigenvalue weighted by Crippen LogP contribution is 2.21. The van der Waals surface area contributed by atoms with Gasteiger partial charge in [-0.05, 0) is 25.8 Å². The van der Waals surface area contributed by atoms with Crippen molar-refractivity contribution in [2.24, 2.45) is 7.05 Å². The van der Waals surface area contributed by atoms with Gasteiger partial charge in [0.05, 0.1) is 12.1 Å². The van der Waals surface area contributed by atoms with E-state index in [2.05, 4.69) is 5.10 Å². The molecule has 1 aromatic rings. The zero-order valence-corrected chi connectivity index (χ0v) is 14.6. The number of nitrogens with zero attached hydrogens (tertiary/aromatic N) is 3. The van der Waals surface area contributed by atoms with Crippen molar-refractivity contribution in [2.45, 2.75) is 32.2 Å². The van der Waals surface area contributed by atoms with Crippen molar-refractivity contribution in [3.8, 4) is 0 Å². The number of halogens is 1. The van der Waals surface area contributed by atoms with Gasteiger partial charge in [0.25, 0.3) is 0 Å². The minimum Gasteiger partial charge on any atom is -0.481 e. The van der Waals surface area contributed by atoms with Crippen molar-refractivity contribution in [3.05, 3.63) is 22.5 Å². The number of carbonyl (C=O) groups excluding carboxylic acids is 1. The average Bonchev–Trinajstić information content (AvgIpc) is 2.79. The van der Waals surface area contributed by atoms with Crippen LogP contribution < -0.4 is 0 Å². The molecule has 1 fully saturated rings. The number of ether oxygens (including phenoxy) is 1. The molecule has 2 rings (SSSR count). The molecule has 1 saturated heterocycles. The number of aliphatic carboxylic acids is 1. The maximum absolute atomic E-state index is 12.6. The number of hydrogen-bond acceptors (Lipinski definition) is 4. The van der Waals surface area contributed by atoms with E-state index in [-0.39, 0.29) is 24.9 Å². The Balaban J connectivity index is 2.13. The molecule has 0 spiro atoms. The van der Waals surface area contributed by atoms with Crippen molar-refractivity contribution < 1.29 is 19.4 Å². The summed E-state index contributed by atoms with van der Waals surface area (Å²) in [5, 5.41) is 13.6. The molecule has 132 valence electrons. The van der Waals surface area contributed by atoms with Crippen LogP contribution in [-0.4, -0.2) is 57.5 Å². The molecule has 0 aromatic carbocycles. The number of aryl methyl sites for hydroxylation is 2. The second-order valence-corrected chi connectivity index (χ2v) is 6.12. The third kappa shape index (κ3) is 4.58. The molecule has 1 aliphatic heterocycles. The Hall–Kier alpha value is -1.86. The monoisotopic (exact) mass is 355 g/mol. The first kappa shape index (κ1) is 18.5. The number of carboxylic acids is 1. The van der Waals surface area contributed by atoms with Crippen molar-refractivity contribution in [2.75, 3.05) is 19.8 Å². The predicted octanol–water partition coefficient (Wildman–Crippen LogP) is 1.88. The topological polar surface area (TPSA) is 84.7 Å². The zero-order valence-electron chi connectivity index (χ0n) is 13.9. The molecule has 0 aliphatic carbocycles. The Morgan fingerprint density at radius 2 is 2.12 bits per heavy atom. The molecular weight excluding hydrogens is 334 g/mol. The number of amides is 1. The molecule has 8 heteroatoms. The van der Waals surface area contributed by atoms with E-state index in [4.69, 9.17) is 21.4 Å². The lowest BCUT2D eigenvalue weighted by Crippen LogP contribution is -2.43. The molecular formula is C16H22ClN3O4. The Kier molecular flexibility index (Phi) is 6.39. The van der Waals surface area contributed by atoms with E-state index in [0.29, 0.717) is 36.8 Å². The van der Waals surface area contributed by atoms with Gasteiger partial charge in [0, 0.05) is 44.5 Å². The molecule has 0 saturated carbocycles. The van der Waals surface area contributed by atoms with E-state index < -0.39 is 5.97 Å². The highest BCUT2D eigenvalue weighted by molar-refractivity contribution is 6.31. The maximum atomic E-state index is 12.6. The molecule has 24 heavy (non-hydrogen) atoms. The number of carbonyl (C=O) groups is 2. The lowest BCUT2D eigenvalue weighted by Gasteiger charge is -2.33. The van der Waals surface area contributed by atoms with E-state index in [1.165, 1.54) is 6.08 Å². The first-order valence-electron chi connectivity index (χ1n) is 7.87. The number of aromatic nitrogens is 2. The number of hydrogen-bond donors (Lipinski definition) is 1. The normalized spacial score (nSPS) is 15.8. The fourth-order valence-corrected chi connectivity index (χ4v) is 3.01. The van der Waals surface area contributed by atoms with E-state index in [0.717, 1.165) is 5.69 Å². The highest BCUT2D eigenvalue weighted by atomic mass is 35.5. The largest absolute Gasteiger partial charge is 0.481 e. The summed E-state index contributed by atoms with van der Waals surface area (Å²) in [6, 6.07) is 0.000664. The molecule has 7 nitrogen and oxygen atoms in total. The molecule has 1 N–H and O–H groups in total. The Morgan fingerprint density at radius 1 is 1.46 bits per heavy atom. The minimum absolute atomic E-state index is 0.000664. The summed E-state index contributed by atoms with van der Waals surface area (Å²) in [7, 11) is 1.73. The lowest BCUT2D eigenvalue weighted by atomic mass is 10.1. The van der Waals surface area contributed by atoms with Crippen LogP contribution in [0.5, 0.6) is 0 Å². The van der Waals surface area contributed by atoms with Crippen LogP contribution in [0, 0.1) is 6.92 Å². The van der Waals surface area contributed by atoms with Gasteiger partial charge in [-0.15, -0.1) is 0 Å². The molecule has 2 heterocycles. The average molecular weight is 356 g/mol. The lowest BCUT2D eigenvalue weighted by molar-refractivity contribution is -0.138. The van der Waals surface area contributed by atoms with Crippen molar-refractivity contribution in [1.29, 1.82) is 0 Å². The van der Waals surface area contributed by atoms with Gasteiger partial charge in [-0.25, -0.2) is 0 Å². The summed E-state index contributed by atoms with van der Waals surface area (Å²) in [6.45, 7) is 3.16. The second kappa shape index (κ2) is 8.30. The first-order valence-corrected chi connectivity index (χ1v) is 8.25. The molecule has 0 radical (unpaired) electrons. The SMILES string of the molecule is Cc1nn(C)c(Cl)c1/C=C/C(=O)N(CCC(=O)O)C1CCOCC1. The third-order valence-electron chi connectivity index (χ3n) is 4.07. The van der Waals surface area contributed by atoms with Gasteiger partial charge in [-0.2, -0.15) is 5.10 Å². The van der Waals surface area contributed by atoms with Crippen LogP contribution in [0.25, 0.3) is 6.08 Å². The summed E-state index contributed by atoms with van der Waals surface area (Å²) in [4.78, 5) is 25.1. The molecule has 0 atom stereocenters. The van der Waals surface area contributed by atoms with Crippen LogP contribution in [0.3, 0.4) is 0 Å². The van der Waals surface area contributed by atoms with Crippen LogP contribution in [0.1, 0.15) is 30.5 Å². The Labute approximate surface area is 145 Å². The fraction of sp³-hybridized carbons (Fsp3) is 0.562. The van der Waals surface area contributed by atoms with E-state index >= 15 is 0 Å². The van der Waals surface area contributed by atoms with Crippen molar-refractivity contribution in [1.82, 2.24) is 14.7 Å². The van der Waals surface area contributed by atoms with Gasteiger partial charge in [-0.1, -0.05) is 11.6 Å². The van der Waals surface area contributed by atoms with Crippen LogP contribution in [-0.2, 0) is 21.4 Å².